The average Bonchev–Trinajstić information content (AvgIpc) is 2.80. The molecule has 0 bridgehead atoms. The van der Waals surface area contributed by atoms with Gasteiger partial charge >= 0.3 is 5.69 Å². The van der Waals surface area contributed by atoms with Gasteiger partial charge in [-0.3, -0.25) is 14.3 Å². The predicted octanol–water partition coefficient (Wildman–Crippen LogP) is 5.86. The van der Waals surface area contributed by atoms with Gasteiger partial charge in [0.05, 0.1) is 25.9 Å². The van der Waals surface area contributed by atoms with Crippen LogP contribution in [0.1, 0.15) is 37.6 Å². The second kappa shape index (κ2) is 14.7. The van der Waals surface area contributed by atoms with Gasteiger partial charge < -0.3 is 14.6 Å². The zero-order valence-corrected chi connectivity index (χ0v) is 22.2. The Kier molecular flexibility index (Phi) is 12.3. The smallest absolute Gasteiger partial charge is 0.330 e. The summed E-state index contributed by atoms with van der Waals surface area (Å²) >= 11 is 23.3. The SMILES string of the molecule is CCC(COCc1ccc(Cl)cc1Cl)OC(C)n1ccc(=O)[nH]c1=O.OCc1ccc(Cl)cc1Cl. The molecule has 3 rings (SSSR count). The molecule has 3 aromatic rings. The van der Waals surface area contributed by atoms with Crippen molar-refractivity contribution in [3.8, 4) is 0 Å². The van der Waals surface area contributed by atoms with Gasteiger partial charge in [0, 0.05) is 32.4 Å². The first kappa shape index (κ1) is 29.4. The Morgan fingerprint density at radius 1 is 0.971 bits per heavy atom. The van der Waals surface area contributed by atoms with Crippen molar-refractivity contribution in [1.29, 1.82) is 0 Å². The predicted molar refractivity (Wildman–Crippen MR) is 140 cm³/mol. The van der Waals surface area contributed by atoms with Crippen LogP contribution in [-0.2, 0) is 22.7 Å². The van der Waals surface area contributed by atoms with E-state index in [-0.39, 0.29) is 12.7 Å². The molecule has 0 saturated carbocycles. The van der Waals surface area contributed by atoms with Crippen LogP contribution in [-0.4, -0.2) is 27.4 Å². The Hall–Kier alpha value is -1.84. The molecule has 0 fully saturated rings. The molecule has 35 heavy (non-hydrogen) atoms. The van der Waals surface area contributed by atoms with E-state index in [0.29, 0.717) is 45.3 Å². The van der Waals surface area contributed by atoms with Crippen LogP contribution in [0.2, 0.25) is 20.1 Å². The Bertz CT molecular complexity index is 1220. The fourth-order valence-corrected chi connectivity index (χ4v) is 3.83. The number of aliphatic hydroxyl groups excluding tert-OH is 1. The number of ether oxygens (including phenoxy) is 2. The minimum atomic E-state index is -0.531. The van der Waals surface area contributed by atoms with Crippen molar-refractivity contribution >= 4 is 46.4 Å². The minimum absolute atomic E-state index is 0.0456. The summed E-state index contributed by atoms with van der Waals surface area (Å²) in [5.41, 5.74) is 0.587. The molecular formula is C24H26Cl4N2O5. The largest absolute Gasteiger partial charge is 0.392 e. The van der Waals surface area contributed by atoms with Crippen LogP contribution in [0, 0.1) is 0 Å². The Morgan fingerprint density at radius 3 is 2.09 bits per heavy atom. The maximum atomic E-state index is 11.8. The van der Waals surface area contributed by atoms with Gasteiger partial charge in [-0.25, -0.2) is 4.79 Å². The molecule has 2 atom stereocenters. The first-order chi connectivity index (χ1) is 16.6. The molecule has 0 aliphatic carbocycles. The van der Waals surface area contributed by atoms with E-state index >= 15 is 0 Å². The van der Waals surface area contributed by atoms with Crippen LogP contribution >= 0.6 is 46.4 Å². The lowest BCUT2D eigenvalue weighted by Crippen LogP contribution is -2.33. The molecule has 1 heterocycles. The first-order valence-corrected chi connectivity index (χ1v) is 12.2. The summed E-state index contributed by atoms with van der Waals surface area (Å²) in [7, 11) is 0. The van der Waals surface area contributed by atoms with Gasteiger partial charge in [-0.2, -0.15) is 0 Å². The highest BCUT2D eigenvalue weighted by atomic mass is 35.5. The van der Waals surface area contributed by atoms with Crippen LogP contribution in [0.15, 0.2) is 58.3 Å². The molecule has 0 aliphatic heterocycles. The summed E-state index contributed by atoms with van der Waals surface area (Å²) in [6, 6.07) is 11.5. The summed E-state index contributed by atoms with van der Waals surface area (Å²) in [5.74, 6) is 0. The monoisotopic (exact) mass is 562 g/mol. The van der Waals surface area contributed by atoms with E-state index < -0.39 is 17.5 Å². The highest BCUT2D eigenvalue weighted by Gasteiger charge is 2.15. The van der Waals surface area contributed by atoms with E-state index in [1.54, 1.807) is 37.3 Å². The first-order valence-electron chi connectivity index (χ1n) is 10.7. The third kappa shape index (κ3) is 9.61. The highest BCUT2D eigenvalue weighted by Crippen LogP contribution is 2.22. The van der Waals surface area contributed by atoms with Crippen LogP contribution in [0.25, 0.3) is 0 Å². The summed E-state index contributed by atoms with van der Waals surface area (Å²) in [4.78, 5) is 25.1. The van der Waals surface area contributed by atoms with Gasteiger partial charge in [-0.05, 0) is 48.7 Å². The van der Waals surface area contributed by atoms with E-state index in [1.807, 2.05) is 13.0 Å². The lowest BCUT2D eigenvalue weighted by Gasteiger charge is -2.22. The molecular weight excluding hydrogens is 538 g/mol. The number of benzene rings is 2. The number of halogens is 4. The molecule has 11 heteroatoms. The van der Waals surface area contributed by atoms with Crippen LogP contribution < -0.4 is 11.2 Å². The summed E-state index contributed by atoms with van der Waals surface area (Å²) in [6.45, 7) is 4.33. The van der Waals surface area contributed by atoms with Gasteiger partial charge in [0.2, 0.25) is 0 Å². The molecule has 190 valence electrons. The number of hydrogen-bond donors (Lipinski definition) is 2. The van der Waals surface area contributed by atoms with Crippen molar-refractivity contribution in [2.75, 3.05) is 6.61 Å². The van der Waals surface area contributed by atoms with Gasteiger partial charge in [-0.1, -0.05) is 65.5 Å². The average molecular weight is 564 g/mol. The van der Waals surface area contributed by atoms with Crippen molar-refractivity contribution < 1.29 is 14.6 Å². The molecule has 0 amide bonds. The van der Waals surface area contributed by atoms with Gasteiger partial charge in [-0.15, -0.1) is 0 Å². The number of aromatic nitrogens is 2. The van der Waals surface area contributed by atoms with Crippen LogP contribution in [0.3, 0.4) is 0 Å². The molecule has 1 aromatic heterocycles. The maximum Gasteiger partial charge on any atom is 0.330 e. The standard InChI is InChI=1S/C17H20Cl2N2O4.C7H6Cl2O/c1-3-14(10-24-9-12-4-5-13(18)8-15(12)19)25-11(2)21-7-6-16(22)20-17(21)23;8-6-2-1-5(4-10)7(9)3-6/h4-8,11,14H,3,9-10H2,1-2H3,(H,20,22,23);1-3,10H,4H2. The fraction of sp³-hybridized carbons (Fsp3) is 0.333. The number of nitrogens with one attached hydrogen (secondary N) is 1. The second-order valence-electron chi connectivity index (χ2n) is 7.43. The fourth-order valence-electron chi connectivity index (χ4n) is 2.90. The number of nitrogens with zero attached hydrogens (tertiary/aromatic N) is 1. The van der Waals surface area contributed by atoms with Crippen molar-refractivity contribution in [3.63, 3.8) is 0 Å². The van der Waals surface area contributed by atoms with Crippen molar-refractivity contribution in [2.45, 2.75) is 45.8 Å². The van der Waals surface area contributed by atoms with E-state index in [9.17, 15) is 9.59 Å². The number of aromatic amines is 1. The number of hydrogen-bond acceptors (Lipinski definition) is 5. The van der Waals surface area contributed by atoms with E-state index in [2.05, 4.69) is 4.98 Å². The lowest BCUT2D eigenvalue weighted by molar-refractivity contribution is -0.0849. The molecule has 2 aromatic carbocycles. The van der Waals surface area contributed by atoms with E-state index in [4.69, 9.17) is 61.0 Å². The third-order valence-corrected chi connectivity index (χ3v) is 6.02. The Morgan fingerprint density at radius 2 is 1.57 bits per heavy atom. The molecule has 2 unspecified atom stereocenters. The maximum absolute atomic E-state index is 11.8. The molecule has 7 nitrogen and oxygen atoms in total. The molecule has 2 N–H and O–H groups in total. The van der Waals surface area contributed by atoms with Gasteiger partial charge in [0.15, 0.2) is 0 Å². The topological polar surface area (TPSA) is 93.5 Å². The van der Waals surface area contributed by atoms with Gasteiger partial charge in [0.25, 0.3) is 5.56 Å². The molecule has 0 radical (unpaired) electrons. The summed E-state index contributed by atoms with van der Waals surface area (Å²) < 4.78 is 12.9. The second-order valence-corrected chi connectivity index (χ2v) is 9.12. The Balaban J connectivity index is 0.000000360. The molecule has 0 saturated heterocycles. The van der Waals surface area contributed by atoms with Crippen molar-refractivity contribution in [3.05, 3.63) is 101 Å². The van der Waals surface area contributed by atoms with E-state index in [0.717, 1.165) is 5.56 Å². The molecule has 0 aliphatic rings. The normalized spacial score (nSPS) is 12.5. The third-order valence-electron chi connectivity index (χ3n) is 4.85. The van der Waals surface area contributed by atoms with Gasteiger partial charge in [0.1, 0.15) is 6.23 Å². The van der Waals surface area contributed by atoms with Crippen molar-refractivity contribution in [2.24, 2.45) is 0 Å². The zero-order chi connectivity index (χ0) is 26.0. The minimum Gasteiger partial charge on any atom is -0.392 e. The van der Waals surface area contributed by atoms with E-state index in [1.165, 1.54) is 16.8 Å². The van der Waals surface area contributed by atoms with Crippen LogP contribution in [0.5, 0.6) is 0 Å². The molecule has 0 spiro atoms. The zero-order valence-electron chi connectivity index (χ0n) is 19.1. The lowest BCUT2D eigenvalue weighted by atomic mass is 10.2. The summed E-state index contributed by atoms with van der Waals surface area (Å²) in [5, 5.41) is 10.9. The quantitative estimate of drug-likeness (QED) is 0.340. The van der Waals surface area contributed by atoms with Crippen LogP contribution in [0.4, 0.5) is 0 Å². The van der Waals surface area contributed by atoms with Crippen molar-refractivity contribution in [1.82, 2.24) is 9.55 Å². The number of H-pyrrole nitrogens is 1. The number of rotatable bonds is 9. The Labute approximate surface area is 223 Å². The summed E-state index contributed by atoms with van der Waals surface area (Å²) in [6.07, 6.45) is 1.38. The number of aliphatic hydroxyl groups is 1. The highest BCUT2D eigenvalue weighted by molar-refractivity contribution is 6.35.